The van der Waals surface area contributed by atoms with Crippen LogP contribution in [-0.2, 0) is 0 Å². The predicted molar refractivity (Wildman–Crippen MR) is 51.8 cm³/mol. The van der Waals surface area contributed by atoms with Crippen LogP contribution in [0.3, 0.4) is 0 Å². The summed E-state index contributed by atoms with van der Waals surface area (Å²) in [5.74, 6) is -0.347. The van der Waals surface area contributed by atoms with Gasteiger partial charge in [-0.1, -0.05) is 23.2 Å². The Balaban J connectivity index is 2.71. The SMILES string of the molecule is CC(Cl)(Cl)NC(=O)c1cccnc1. The van der Waals surface area contributed by atoms with Gasteiger partial charge in [0.05, 0.1) is 5.56 Å². The number of hydrogen-bond acceptors (Lipinski definition) is 2. The van der Waals surface area contributed by atoms with Crippen molar-refractivity contribution in [3.63, 3.8) is 0 Å². The molecule has 0 aromatic carbocycles. The van der Waals surface area contributed by atoms with Crippen LogP contribution in [0.25, 0.3) is 0 Å². The minimum absolute atomic E-state index is 0.347. The molecular formula is C8H8Cl2N2O. The molecule has 0 bridgehead atoms. The lowest BCUT2D eigenvalue weighted by atomic mass is 10.3. The molecule has 5 heteroatoms. The van der Waals surface area contributed by atoms with E-state index < -0.39 is 4.46 Å². The van der Waals surface area contributed by atoms with Gasteiger partial charge in [-0.2, -0.15) is 0 Å². The smallest absolute Gasteiger partial charge is 0.255 e. The van der Waals surface area contributed by atoms with Crippen LogP contribution in [0.15, 0.2) is 24.5 Å². The molecule has 1 aromatic heterocycles. The molecule has 0 aliphatic heterocycles. The van der Waals surface area contributed by atoms with Crippen LogP contribution in [0.5, 0.6) is 0 Å². The molecule has 0 radical (unpaired) electrons. The van der Waals surface area contributed by atoms with Crippen molar-refractivity contribution in [1.82, 2.24) is 10.3 Å². The summed E-state index contributed by atoms with van der Waals surface area (Å²) in [5.41, 5.74) is 0.426. The highest BCUT2D eigenvalue weighted by molar-refractivity contribution is 6.48. The number of nitrogens with one attached hydrogen (secondary N) is 1. The molecule has 1 N–H and O–H groups in total. The van der Waals surface area contributed by atoms with Crippen molar-refractivity contribution in [3.8, 4) is 0 Å². The summed E-state index contributed by atoms with van der Waals surface area (Å²) in [5, 5.41) is 2.39. The average Bonchev–Trinajstić information content (AvgIpc) is 2.03. The van der Waals surface area contributed by atoms with Crippen molar-refractivity contribution in [2.45, 2.75) is 11.4 Å². The monoisotopic (exact) mass is 218 g/mol. The number of rotatable bonds is 2. The Labute approximate surface area is 86.1 Å². The molecule has 0 aliphatic rings. The van der Waals surface area contributed by atoms with Crippen molar-refractivity contribution in [3.05, 3.63) is 30.1 Å². The number of pyridine rings is 1. The first-order valence-electron chi connectivity index (χ1n) is 3.59. The number of aromatic nitrogens is 1. The Morgan fingerprint density at radius 2 is 2.31 bits per heavy atom. The highest BCUT2D eigenvalue weighted by atomic mass is 35.5. The maximum Gasteiger partial charge on any atom is 0.255 e. The van der Waals surface area contributed by atoms with Gasteiger partial charge in [-0.3, -0.25) is 9.78 Å². The van der Waals surface area contributed by atoms with Gasteiger partial charge >= 0.3 is 0 Å². The molecule has 70 valence electrons. The van der Waals surface area contributed by atoms with Crippen molar-refractivity contribution >= 4 is 29.1 Å². The first-order chi connectivity index (χ1) is 5.99. The lowest BCUT2D eigenvalue weighted by Crippen LogP contribution is -2.36. The van der Waals surface area contributed by atoms with E-state index in [0.717, 1.165) is 0 Å². The maximum atomic E-state index is 11.3. The van der Waals surface area contributed by atoms with E-state index in [1.807, 2.05) is 0 Å². The molecule has 1 rings (SSSR count). The Kier molecular flexibility index (Phi) is 3.12. The molecule has 13 heavy (non-hydrogen) atoms. The fourth-order valence-corrected chi connectivity index (χ4v) is 0.940. The molecule has 1 amide bonds. The van der Waals surface area contributed by atoms with E-state index >= 15 is 0 Å². The average molecular weight is 219 g/mol. The molecule has 1 heterocycles. The largest absolute Gasteiger partial charge is 0.321 e. The third-order valence-corrected chi connectivity index (χ3v) is 1.45. The second-order valence-electron chi connectivity index (χ2n) is 2.58. The van der Waals surface area contributed by atoms with Gasteiger partial charge in [-0.15, -0.1) is 0 Å². The van der Waals surface area contributed by atoms with Gasteiger partial charge in [-0.25, -0.2) is 0 Å². The van der Waals surface area contributed by atoms with E-state index in [-0.39, 0.29) is 5.91 Å². The van der Waals surface area contributed by atoms with Crippen LogP contribution in [0.2, 0.25) is 0 Å². The second-order valence-corrected chi connectivity index (χ2v) is 4.29. The topological polar surface area (TPSA) is 42.0 Å². The van der Waals surface area contributed by atoms with E-state index in [4.69, 9.17) is 23.2 Å². The number of amides is 1. The van der Waals surface area contributed by atoms with Crippen molar-refractivity contribution < 1.29 is 4.79 Å². The number of nitrogens with zero attached hydrogens (tertiary/aromatic N) is 1. The lowest BCUT2D eigenvalue weighted by Gasteiger charge is -2.14. The number of alkyl halides is 2. The highest BCUT2D eigenvalue weighted by Gasteiger charge is 2.19. The van der Waals surface area contributed by atoms with E-state index in [9.17, 15) is 4.79 Å². The van der Waals surface area contributed by atoms with E-state index in [0.29, 0.717) is 5.56 Å². The Bertz CT molecular complexity index is 295. The van der Waals surface area contributed by atoms with Gasteiger partial charge in [0, 0.05) is 12.4 Å². The van der Waals surface area contributed by atoms with Crippen molar-refractivity contribution in [1.29, 1.82) is 0 Å². The molecule has 0 spiro atoms. The first kappa shape index (κ1) is 10.3. The first-order valence-corrected chi connectivity index (χ1v) is 4.35. The Morgan fingerprint density at radius 1 is 1.62 bits per heavy atom. The number of hydrogen-bond donors (Lipinski definition) is 1. The molecule has 0 aliphatic carbocycles. The standard InChI is InChI=1S/C8H8Cl2N2O/c1-8(9,10)12-7(13)6-3-2-4-11-5-6/h2-5H,1H3,(H,12,13). The van der Waals surface area contributed by atoms with Crippen LogP contribution in [0.1, 0.15) is 17.3 Å². The lowest BCUT2D eigenvalue weighted by molar-refractivity contribution is 0.0945. The fourth-order valence-electron chi connectivity index (χ4n) is 0.769. The molecule has 0 unspecified atom stereocenters. The van der Waals surface area contributed by atoms with Gasteiger partial charge in [-0.05, 0) is 19.1 Å². The molecule has 0 saturated heterocycles. The van der Waals surface area contributed by atoms with E-state index in [2.05, 4.69) is 10.3 Å². The van der Waals surface area contributed by atoms with Crippen LogP contribution in [-0.4, -0.2) is 15.3 Å². The molecule has 1 aromatic rings. The summed E-state index contributed by atoms with van der Waals surface area (Å²) in [4.78, 5) is 15.1. The van der Waals surface area contributed by atoms with E-state index in [1.54, 1.807) is 18.3 Å². The van der Waals surface area contributed by atoms with Gasteiger partial charge in [0.25, 0.3) is 5.91 Å². The van der Waals surface area contributed by atoms with Crippen LogP contribution >= 0.6 is 23.2 Å². The van der Waals surface area contributed by atoms with Crippen molar-refractivity contribution in [2.24, 2.45) is 0 Å². The molecule has 0 atom stereocenters. The zero-order valence-corrected chi connectivity index (χ0v) is 8.43. The Morgan fingerprint density at radius 3 is 2.77 bits per heavy atom. The van der Waals surface area contributed by atoms with E-state index in [1.165, 1.54) is 13.1 Å². The summed E-state index contributed by atoms with van der Waals surface area (Å²) in [6.45, 7) is 1.48. The number of carbonyl (C=O) groups is 1. The Hall–Kier alpha value is -0.800. The normalized spacial score (nSPS) is 11.0. The zero-order valence-electron chi connectivity index (χ0n) is 6.92. The predicted octanol–water partition coefficient (Wildman–Crippen LogP) is 1.96. The zero-order chi connectivity index (χ0) is 9.90. The third-order valence-electron chi connectivity index (χ3n) is 1.26. The summed E-state index contributed by atoms with van der Waals surface area (Å²) < 4.78 is -1.26. The van der Waals surface area contributed by atoms with Gasteiger partial charge in [0.2, 0.25) is 0 Å². The molecular weight excluding hydrogens is 211 g/mol. The number of halogens is 2. The summed E-state index contributed by atoms with van der Waals surface area (Å²) in [6, 6.07) is 3.29. The number of carbonyl (C=O) groups excluding carboxylic acids is 1. The van der Waals surface area contributed by atoms with Gasteiger partial charge in [0.1, 0.15) is 0 Å². The fraction of sp³-hybridized carbons (Fsp3) is 0.250. The van der Waals surface area contributed by atoms with Crippen molar-refractivity contribution in [2.75, 3.05) is 0 Å². The molecule has 0 saturated carbocycles. The second kappa shape index (κ2) is 3.94. The van der Waals surface area contributed by atoms with Gasteiger partial charge < -0.3 is 5.32 Å². The van der Waals surface area contributed by atoms with Crippen LogP contribution < -0.4 is 5.32 Å². The van der Waals surface area contributed by atoms with Gasteiger partial charge in [0.15, 0.2) is 4.46 Å². The minimum Gasteiger partial charge on any atom is -0.321 e. The molecule has 3 nitrogen and oxygen atoms in total. The third kappa shape index (κ3) is 3.61. The summed E-state index contributed by atoms with van der Waals surface area (Å²) >= 11 is 11.2. The highest BCUT2D eigenvalue weighted by Crippen LogP contribution is 2.15. The quantitative estimate of drug-likeness (QED) is 0.610. The van der Waals surface area contributed by atoms with Crippen LogP contribution in [0, 0.1) is 0 Å². The maximum absolute atomic E-state index is 11.3. The summed E-state index contributed by atoms with van der Waals surface area (Å²) in [6.07, 6.45) is 3.02. The molecule has 0 fully saturated rings. The van der Waals surface area contributed by atoms with Crippen LogP contribution in [0.4, 0.5) is 0 Å². The summed E-state index contributed by atoms with van der Waals surface area (Å²) in [7, 11) is 0. The minimum atomic E-state index is -1.26.